The van der Waals surface area contributed by atoms with Crippen LogP contribution in [0.25, 0.3) is 11.1 Å². The molecule has 3 rings (SSSR count). The smallest absolute Gasteiger partial charge is 0.119 e. The second-order valence-electron chi connectivity index (χ2n) is 8.36. The number of hydrogen-bond acceptors (Lipinski definition) is 1. The van der Waals surface area contributed by atoms with Crippen molar-refractivity contribution in [3.63, 3.8) is 0 Å². The molecular weight excluding hydrogens is 359 g/mol. The highest BCUT2D eigenvalue weighted by Gasteiger charge is 2.21. The fraction of sp³-hybridized carbons (Fsp3) is 0.481. The summed E-state index contributed by atoms with van der Waals surface area (Å²) in [4.78, 5) is 0. The highest BCUT2D eigenvalue weighted by molar-refractivity contribution is 5.64. The van der Waals surface area contributed by atoms with Gasteiger partial charge in [-0.3, -0.25) is 0 Å². The third-order valence-electron chi connectivity index (χ3n) is 6.26. The molecule has 1 saturated carbocycles. The van der Waals surface area contributed by atoms with Crippen LogP contribution in [0.3, 0.4) is 0 Å². The maximum absolute atomic E-state index is 12.1. The predicted molar refractivity (Wildman–Crippen MR) is 121 cm³/mol. The summed E-state index contributed by atoms with van der Waals surface area (Å²) in [5.74, 6) is 2.40. The summed E-state index contributed by atoms with van der Waals surface area (Å²) < 4.78 is 17.9. The van der Waals surface area contributed by atoms with E-state index in [1.807, 2.05) is 0 Å². The van der Waals surface area contributed by atoms with Gasteiger partial charge in [0.1, 0.15) is 5.75 Å². The van der Waals surface area contributed by atoms with Gasteiger partial charge in [-0.2, -0.15) is 0 Å². The summed E-state index contributed by atoms with van der Waals surface area (Å²) in [7, 11) is 0. The molecule has 156 valence electrons. The number of unbranched alkanes of at least 4 members (excludes halogenated alkanes) is 2. The standard InChI is InChI=1S/C27H35FO/c1-2-3-6-21-29-27-18-16-26(17-19-27)25-14-12-24(13-15-25)23-10-8-22(9-11-23)7-4-5-20-28/h5,12-20,22-23H,2-4,6-11,21H2,1H3/b20-5+. The number of allylic oxidation sites excluding steroid dienone is 1. The molecule has 2 aromatic rings. The van der Waals surface area contributed by atoms with E-state index in [1.54, 1.807) is 6.08 Å². The van der Waals surface area contributed by atoms with E-state index in [-0.39, 0.29) is 0 Å². The minimum absolute atomic E-state index is 0.677. The Morgan fingerprint density at radius 1 is 0.897 bits per heavy atom. The van der Waals surface area contributed by atoms with E-state index < -0.39 is 0 Å². The Labute approximate surface area is 176 Å². The molecule has 0 heterocycles. The van der Waals surface area contributed by atoms with Crippen LogP contribution in [0, 0.1) is 5.92 Å². The SMILES string of the molecule is CCCCCOc1ccc(-c2ccc(C3CCC(CC/C=C/F)CC3)cc2)cc1. The summed E-state index contributed by atoms with van der Waals surface area (Å²) in [5.41, 5.74) is 3.96. The molecule has 0 aromatic heterocycles. The van der Waals surface area contributed by atoms with Gasteiger partial charge >= 0.3 is 0 Å². The molecule has 1 nitrogen and oxygen atoms in total. The van der Waals surface area contributed by atoms with Gasteiger partial charge in [-0.15, -0.1) is 0 Å². The van der Waals surface area contributed by atoms with E-state index in [0.29, 0.717) is 12.2 Å². The first kappa shape index (κ1) is 21.6. The van der Waals surface area contributed by atoms with Crippen molar-refractivity contribution in [1.82, 2.24) is 0 Å². The first-order valence-corrected chi connectivity index (χ1v) is 11.4. The minimum atomic E-state index is 0.677. The monoisotopic (exact) mass is 394 g/mol. The molecule has 0 spiro atoms. The molecule has 0 atom stereocenters. The summed E-state index contributed by atoms with van der Waals surface area (Å²) in [6, 6.07) is 17.6. The van der Waals surface area contributed by atoms with Crippen LogP contribution in [0.2, 0.25) is 0 Å². The molecule has 2 aromatic carbocycles. The molecule has 1 aliphatic carbocycles. The van der Waals surface area contributed by atoms with Crippen molar-refractivity contribution in [2.45, 2.75) is 70.6 Å². The lowest BCUT2D eigenvalue weighted by molar-refractivity contribution is 0.306. The van der Waals surface area contributed by atoms with Crippen molar-refractivity contribution in [1.29, 1.82) is 0 Å². The number of rotatable bonds is 10. The zero-order chi connectivity index (χ0) is 20.3. The van der Waals surface area contributed by atoms with Gasteiger partial charge in [-0.25, -0.2) is 4.39 Å². The van der Waals surface area contributed by atoms with Crippen LogP contribution >= 0.6 is 0 Å². The maximum atomic E-state index is 12.1. The van der Waals surface area contributed by atoms with E-state index in [0.717, 1.165) is 37.5 Å². The average molecular weight is 395 g/mol. The van der Waals surface area contributed by atoms with Crippen LogP contribution in [0.15, 0.2) is 60.9 Å². The third kappa shape index (κ3) is 6.73. The Hall–Kier alpha value is -2.09. The average Bonchev–Trinajstić information content (AvgIpc) is 2.78. The molecule has 0 amide bonds. The molecule has 29 heavy (non-hydrogen) atoms. The summed E-state index contributed by atoms with van der Waals surface area (Å²) in [6.45, 7) is 3.01. The van der Waals surface area contributed by atoms with Gasteiger partial charge in [0.05, 0.1) is 12.9 Å². The van der Waals surface area contributed by atoms with Gasteiger partial charge in [-0.1, -0.05) is 62.2 Å². The molecule has 0 saturated heterocycles. The van der Waals surface area contributed by atoms with Crippen molar-refractivity contribution in [2.24, 2.45) is 5.92 Å². The Bertz CT molecular complexity index is 724. The number of halogens is 1. The Kier molecular flexibility index (Phi) is 8.80. The molecule has 0 bridgehead atoms. The fourth-order valence-corrected chi connectivity index (χ4v) is 4.41. The topological polar surface area (TPSA) is 9.23 Å². The molecule has 1 aliphatic rings. The van der Waals surface area contributed by atoms with Gasteiger partial charge in [0.2, 0.25) is 0 Å². The van der Waals surface area contributed by atoms with Crippen LogP contribution in [0.4, 0.5) is 4.39 Å². The molecule has 2 heteroatoms. The number of benzene rings is 2. The molecule has 0 N–H and O–H groups in total. The lowest BCUT2D eigenvalue weighted by atomic mass is 9.77. The Morgan fingerprint density at radius 2 is 1.55 bits per heavy atom. The molecule has 0 unspecified atom stereocenters. The van der Waals surface area contributed by atoms with Crippen molar-refractivity contribution in [2.75, 3.05) is 6.61 Å². The first-order valence-electron chi connectivity index (χ1n) is 11.4. The normalized spacial score (nSPS) is 19.5. The van der Waals surface area contributed by atoms with Gasteiger partial charge in [0.25, 0.3) is 0 Å². The van der Waals surface area contributed by atoms with Crippen LogP contribution < -0.4 is 4.74 Å². The van der Waals surface area contributed by atoms with Gasteiger partial charge in [0, 0.05) is 0 Å². The van der Waals surface area contributed by atoms with Crippen LogP contribution in [0.1, 0.15) is 76.2 Å². The fourth-order valence-electron chi connectivity index (χ4n) is 4.41. The van der Waals surface area contributed by atoms with E-state index >= 15 is 0 Å². The third-order valence-corrected chi connectivity index (χ3v) is 6.26. The molecule has 0 radical (unpaired) electrons. The van der Waals surface area contributed by atoms with E-state index in [1.165, 1.54) is 55.2 Å². The molecule has 0 aliphatic heterocycles. The minimum Gasteiger partial charge on any atom is -0.494 e. The zero-order valence-corrected chi connectivity index (χ0v) is 17.8. The quantitative estimate of drug-likeness (QED) is 0.367. The lowest BCUT2D eigenvalue weighted by Gasteiger charge is -2.28. The maximum Gasteiger partial charge on any atom is 0.119 e. The largest absolute Gasteiger partial charge is 0.494 e. The van der Waals surface area contributed by atoms with Crippen molar-refractivity contribution < 1.29 is 9.13 Å². The van der Waals surface area contributed by atoms with Gasteiger partial charge < -0.3 is 4.74 Å². The summed E-state index contributed by atoms with van der Waals surface area (Å²) >= 11 is 0. The van der Waals surface area contributed by atoms with E-state index in [2.05, 4.69) is 55.5 Å². The van der Waals surface area contributed by atoms with Gasteiger partial charge in [0.15, 0.2) is 0 Å². The van der Waals surface area contributed by atoms with Crippen molar-refractivity contribution in [3.05, 3.63) is 66.5 Å². The van der Waals surface area contributed by atoms with Crippen LogP contribution in [-0.2, 0) is 0 Å². The lowest BCUT2D eigenvalue weighted by Crippen LogP contribution is -2.13. The highest BCUT2D eigenvalue weighted by Crippen LogP contribution is 2.38. The predicted octanol–water partition coefficient (Wildman–Crippen LogP) is 8.46. The Balaban J connectivity index is 1.50. The van der Waals surface area contributed by atoms with Crippen molar-refractivity contribution >= 4 is 0 Å². The second kappa shape index (κ2) is 11.8. The highest BCUT2D eigenvalue weighted by atomic mass is 19.1. The van der Waals surface area contributed by atoms with Gasteiger partial charge in [-0.05, 0) is 85.6 Å². The molecular formula is C27H35FO. The summed E-state index contributed by atoms with van der Waals surface area (Å²) in [6.07, 6.45) is 13.0. The number of ether oxygens (including phenoxy) is 1. The van der Waals surface area contributed by atoms with Crippen molar-refractivity contribution in [3.8, 4) is 16.9 Å². The van der Waals surface area contributed by atoms with Crippen LogP contribution in [0.5, 0.6) is 5.75 Å². The van der Waals surface area contributed by atoms with Crippen LogP contribution in [-0.4, -0.2) is 6.61 Å². The second-order valence-corrected chi connectivity index (χ2v) is 8.36. The number of hydrogen-bond donors (Lipinski definition) is 0. The molecule has 1 fully saturated rings. The van der Waals surface area contributed by atoms with E-state index in [9.17, 15) is 4.39 Å². The first-order chi connectivity index (χ1) is 14.3. The zero-order valence-electron chi connectivity index (χ0n) is 17.8. The van der Waals surface area contributed by atoms with E-state index in [4.69, 9.17) is 4.74 Å². The Morgan fingerprint density at radius 3 is 2.17 bits per heavy atom. The summed E-state index contributed by atoms with van der Waals surface area (Å²) in [5, 5.41) is 0.